The Morgan fingerprint density at radius 1 is 1.29 bits per heavy atom. The van der Waals surface area contributed by atoms with Crippen molar-refractivity contribution in [1.29, 1.82) is 0 Å². The molecule has 1 amide bonds. The van der Waals surface area contributed by atoms with Gasteiger partial charge in [-0.3, -0.25) is 4.79 Å². The number of nitrogens with one attached hydrogen (secondary N) is 1. The van der Waals surface area contributed by atoms with Crippen LogP contribution in [0.15, 0.2) is 24.3 Å². The van der Waals surface area contributed by atoms with Crippen molar-refractivity contribution in [2.45, 2.75) is 25.6 Å². The second kappa shape index (κ2) is 5.67. The monoisotopic (exact) mass is 247 g/mol. The van der Waals surface area contributed by atoms with E-state index in [-0.39, 0.29) is 6.61 Å². The Labute approximate surface area is 96.3 Å². The molecule has 2 N–H and O–H groups in total. The van der Waals surface area contributed by atoms with Gasteiger partial charge >= 0.3 is 6.18 Å². The summed E-state index contributed by atoms with van der Waals surface area (Å²) >= 11 is 0. The summed E-state index contributed by atoms with van der Waals surface area (Å²) in [6.07, 6.45) is -6.11. The van der Waals surface area contributed by atoms with E-state index in [0.717, 1.165) is 0 Å². The minimum atomic E-state index is -4.34. The van der Waals surface area contributed by atoms with Gasteiger partial charge in [-0.05, 0) is 6.07 Å². The van der Waals surface area contributed by atoms with Gasteiger partial charge in [0.1, 0.15) is 0 Å². The van der Waals surface area contributed by atoms with Crippen molar-refractivity contribution in [2.24, 2.45) is 0 Å². The van der Waals surface area contributed by atoms with Crippen molar-refractivity contribution < 1.29 is 23.1 Å². The fraction of sp³-hybridized carbons (Fsp3) is 0.364. The maximum absolute atomic E-state index is 11.9. The molecule has 3 nitrogen and oxygen atoms in total. The molecule has 0 aliphatic carbocycles. The molecule has 0 aliphatic heterocycles. The predicted octanol–water partition coefficient (Wildman–Crippen LogP) is 2.46. The molecular formula is C11H12F3NO2. The van der Waals surface area contributed by atoms with Gasteiger partial charge in [0.2, 0.25) is 5.91 Å². The molecule has 0 aromatic heterocycles. The van der Waals surface area contributed by atoms with Crippen LogP contribution in [-0.2, 0) is 11.4 Å². The summed E-state index contributed by atoms with van der Waals surface area (Å²) in [5, 5.41) is 11.3. The predicted molar refractivity (Wildman–Crippen MR) is 56.3 cm³/mol. The summed E-state index contributed by atoms with van der Waals surface area (Å²) < 4.78 is 35.6. The van der Waals surface area contributed by atoms with Gasteiger partial charge in [-0.25, -0.2) is 0 Å². The Morgan fingerprint density at radius 3 is 2.53 bits per heavy atom. The summed E-state index contributed by atoms with van der Waals surface area (Å²) in [5.74, 6) is -0.719. The fourth-order valence-electron chi connectivity index (χ4n) is 1.25. The van der Waals surface area contributed by atoms with Crippen LogP contribution in [-0.4, -0.2) is 17.2 Å². The standard InChI is InChI=1S/C11H12F3NO2/c12-11(13,14)6-5-10(17)15-9-4-2-1-3-8(9)7-16/h1-4,16H,5-7H2,(H,15,17). The number of hydrogen-bond acceptors (Lipinski definition) is 2. The molecule has 17 heavy (non-hydrogen) atoms. The molecule has 1 aromatic rings. The van der Waals surface area contributed by atoms with Gasteiger partial charge in [-0.15, -0.1) is 0 Å². The minimum absolute atomic E-state index is 0.282. The number of para-hydroxylation sites is 1. The molecular weight excluding hydrogens is 235 g/mol. The molecule has 0 radical (unpaired) electrons. The molecule has 0 bridgehead atoms. The molecule has 0 saturated carbocycles. The van der Waals surface area contributed by atoms with Gasteiger partial charge in [0, 0.05) is 17.7 Å². The first-order valence-electron chi connectivity index (χ1n) is 4.98. The number of rotatable bonds is 4. The lowest BCUT2D eigenvalue weighted by atomic mass is 10.2. The number of carbonyl (C=O) groups is 1. The van der Waals surface area contributed by atoms with Crippen molar-refractivity contribution >= 4 is 11.6 Å². The molecule has 0 fully saturated rings. The molecule has 0 heterocycles. The summed E-state index contributed by atoms with van der Waals surface area (Å²) in [4.78, 5) is 11.2. The maximum atomic E-state index is 11.9. The van der Waals surface area contributed by atoms with Gasteiger partial charge < -0.3 is 10.4 Å². The van der Waals surface area contributed by atoms with E-state index in [1.807, 2.05) is 0 Å². The van der Waals surface area contributed by atoms with Crippen molar-refractivity contribution in [3.05, 3.63) is 29.8 Å². The lowest BCUT2D eigenvalue weighted by Crippen LogP contribution is -2.17. The van der Waals surface area contributed by atoms with Crippen LogP contribution in [0.3, 0.4) is 0 Å². The zero-order valence-electron chi connectivity index (χ0n) is 8.92. The van der Waals surface area contributed by atoms with Gasteiger partial charge in [-0.1, -0.05) is 18.2 Å². The number of anilines is 1. The Kier molecular flexibility index (Phi) is 4.51. The largest absolute Gasteiger partial charge is 0.392 e. The number of aliphatic hydroxyl groups excluding tert-OH is 1. The first-order chi connectivity index (χ1) is 7.92. The molecule has 94 valence electrons. The fourth-order valence-corrected chi connectivity index (χ4v) is 1.25. The Hall–Kier alpha value is -1.56. The molecule has 1 rings (SSSR count). The van der Waals surface area contributed by atoms with Crippen molar-refractivity contribution in [3.8, 4) is 0 Å². The third kappa shape index (κ3) is 4.86. The Morgan fingerprint density at radius 2 is 1.94 bits per heavy atom. The number of halogens is 3. The van der Waals surface area contributed by atoms with E-state index >= 15 is 0 Å². The van der Waals surface area contributed by atoms with E-state index in [4.69, 9.17) is 5.11 Å². The number of alkyl halides is 3. The molecule has 1 aromatic carbocycles. The van der Waals surface area contributed by atoms with Crippen LogP contribution in [0.2, 0.25) is 0 Å². The van der Waals surface area contributed by atoms with E-state index in [0.29, 0.717) is 11.3 Å². The average molecular weight is 247 g/mol. The van der Waals surface area contributed by atoms with Crippen LogP contribution in [0, 0.1) is 0 Å². The van der Waals surface area contributed by atoms with Crippen molar-refractivity contribution in [2.75, 3.05) is 5.32 Å². The Bertz CT molecular complexity index is 391. The van der Waals surface area contributed by atoms with Crippen LogP contribution in [0.4, 0.5) is 18.9 Å². The second-order valence-corrected chi connectivity index (χ2v) is 3.48. The summed E-state index contributed by atoms with van der Waals surface area (Å²) in [7, 11) is 0. The first-order valence-corrected chi connectivity index (χ1v) is 4.98. The highest BCUT2D eigenvalue weighted by atomic mass is 19.4. The highest BCUT2D eigenvalue weighted by Gasteiger charge is 2.27. The second-order valence-electron chi connectivity index (χ2n) is 3.48. The minimum Gasteiger partial charge on any atom is -0.392 e. The lowest BCUT2D eigenvalue weighted by Gasteiger charge is -2.10. The van der Waals surface area contributed by atoms with Crippen LogP contribution in [0.25, 0.3) is 0 Å². The highest BCUT2D eigenvalue weighted by molar-refractivity contribution is 5.91. The van der Waals surface area contributed by atoms with Gasteiger partial charge in [0.15, 0.2) is 0 Å². The van der Waals surface area contributed by atoms with E-state index in [1.165, 1.54) is 6.07 Å². The average Bonchev–Trinajstić information content (AvgIpc) is 2.26. The lowest BCUT2D eigenvalue weighted by molar-refractivity contribution is -0.142. The number of aliphatic hydroxyl groups is 1. The van der Waals surface area contributed by atoms with Crippen LogP contribution >= 0.6 is 0 Å². The Balaban J connectivity index is 2.56. The molecule has 6 heteroatoms. The SMILES string of the molecule is O=C(CCC(F)(F)F)Nc1ccccc1CO. The zero-order valence-corrected chi connectivity index (χ0v) is 8.92. The van der Waals surface area contributed by atoms with E-state index < -0.39 is 24.9 Å². The maximum Gasteiger partial charge on any atom is 0.389 e. The molecule has 0 unspecified atom stereocenters. The zero-order chi connectivity index (χ0) is 12.9. The first kappa shape index (κ1) is 13.5. The molecule has 0 saturated heterocycles. The number of benzene rings is 1. The topological polar surface area (TPSA) is 49.3 Å². The van der Waals surface area contributed by atoms with Gasteiger partial charge in [0.05, 0.1) is 13.0 Å². The summed E-state index contributed by atoms with van der Waals surface area (Å²) in [5.41, 5.74) is 0.801. The van der Waals surface area contributed by atoms with Crippen LogP contribution in [0.1, 0.15) is 18.4 Å². The molecule has 0 spiro atoms. The van der Waals surface area contributed by atoms with E-state index in [2.05, 4.69) is 5.32 Å². The normalized spacial score (nSPS) is 11.3. The summed E-state index contributed by atoms with van der Waals surface area (Å²) in [6.45, 7) is -0.282. The summed E-state index contributed by atoms with van der Waals surface area (Å²) in [6, 6.07) is 6.39. The van der Waals surface area contributed by atoms with Crippen LogP contribution < -0.4 is 5.32 Å². The van der Waals surface area contributed by atoms with Gasteiger partial charge in [0.25, 0.3) is 0 Å². The number of carbonyl (C=O) groups excluding carboxylic acids is 1. The van der Waals surface area contributed by atoms with E-state index in [1.54, 1.807) is 18.2 Å². The van der Waals surface area contributed by atoms with Crippen molar-refractivity contribution in [1.82, 2.24) is 0 Å². The van der Waals surface area contributed by atoms with Crippen molar-refractivity contribution in [3.63, 3.8) is 0 Å². The third-order valence-corrected chi connectivity index (χ3v) is 2.10. The number of amides is 1. The third-order valence-electron chi connectivity index (χ3n) is 2.10. The van der Waals surface area contributed by atoms with Crippen LogP contribution in [0.5, 0.6) is 0 Å². The molecule has 0 atom stereocenters. The molecule has 0 aliphatic rings. The van der Waals surface area contributed by atoms with Gasteiger partial charge in [-0.2, -0.15) is 13.2 Å². The smallest absolute Gasteiger partial charge is 0.389 e. The quantitative estimate of drug-likeness (QED) is 0.858. The number of hydrogen-bond donors (Lipinski definition) is 2. The highest BCUT2D eigenvalue weighted by Crippen LogP contribution is 2.22. The van der Waals surface area contributed by atoms with E-state index in [9.17, 15) is 18.0 Å².